The lowest BCUT2D eigenvalue weighted by atomic mass is 9.79. The molecule has 0 bridgehead atoms. The Bertz CT molecular complexity index is 571. The third-order valence-electron chi connectivity index (χ3n) is 5.02. The normalized spacial score (nSPS) is 20.0. The van der Waals surface area contributed by atoms with Crippen molar-refractivity contribution in [1.82, 2.24) is 10.2 Å². The van der Waals surface area contributed by atoms with E-state index >= 15 is 0 Å². The monoisotopic (exact) mass is 348 g/mol. The van der Waals surface area contributed by atoms with Crippen molar-refractivity contribution in [3.05, 3.63) is 29.8 Å². The third kappa shape index (κ3) is 4.25. The molecular formula is C19H28N2O4. The molecule has 0 aromatic heterocycles. The number of benzene rings is 1. The van der Waals surface area contributed by atoms with Crippen LogP contribution in [0.25, 0.3) is 0 Å². The number of amides is 2. The van der Waals surface area contributed by atoms with Crippen LogP contribution in [0.1, 0.15) is 37.8 Å². The average Bonchev–Trinajstić information content (AvgIpc) is 2.61. The number of nitrogens with one attached hydrogen (secondary N) is 1. The predicted molar refractivity (Wildman–Crippen MR) is 94.9 cm³/mol. The molecule has 1 aromatic rings. The standard InChI is InChI=1S/C19H28N2O4/c1-3-24-16-7-5-15(6-8-16)17(13-23-2)20-18(22)21-11-12-25-19(14-21)9-4-10-19/h5-8,17H,3-4,9-14H2,1-2H3,(H,20,22). The molecule has 1 aliphatic heterocycles. The van der Waals surface area contributed by atoms with E-state index in [2.05, 4.69) is 5.32 Å². The van der Waals surface area contributed by atoms with E-state index in [1.807, 2.05) is 36.1 Å². The van der Waals surface area contributed by atoms with Crippen molar-refractivity contribution in [3.63, 3.8) is 0 Å². The predicted octanol–water partition coefficient (Wildman–Crippen LogP) is 2.74. The summed E-state index contributed by atoms with van der Waals surface area (Å²) in [7, 11) is 1.64. The van der Waals surface area contributed by atoms with Gasteiger partial charge in [0.15, 0.2) is 0 Å². The fourth-order valence-corrected chi connectivity index (χ4v) is 3.48. The van der Waals surface area contributed by atoms with Gasteiger partial charge in [0, 0.05) is 13.7 Å². The first kappa shape index (κ1) is 18.0. The summed E-state index contributed by atoms with van der Waals surface area (Å²) in [4.78, 5) is 14.6. The molecule has 25 heavy (non-hydrogen) atoms. The van der Waals surface area contributed by atoms with Crippen LogP contribution in [0.4, 0.5) is 4.79 Å². The molecule has 1 spiro atoms. The van der Waals surface area contributed by atoms with Gasteiger partial charge in [-0.2, -0.15) is 0 Å². The van der Waals surface area contributed by atoms with Crippen molar-refractivity contribution < 1.29 is 19.0 Å². The van der Waals surface area contributed by atoms with E-state index < -0.39 is 0 Å². The fraction of sp³-hybridized carbons (Fsp3) is 0.632. The Kier molecular flexibility index (Phi) is 5.81. The smallest absolute Gasteiger partial charge is 0.318 e. The van der Waals surface area contributed by atoms with Crippen LogP contribution in [0, 0.1) is 0 Å². The highest BCUT2D eigenvalue weighted by molar-refractivity contribution is 5.75. The number of nitrogens with zero attached hydrogens (tertiary/aromatic N) is 1. The number of morpholine rings is 1. The van der Waals surface area contributed by atoms with Gasteiger partial charge in [-0.15, -0.1) is 0 Å². The van der Waals surface area contributed by atoms with Gasteiger partial charge in [0.05, 0.1) is 38.0 Å². The highest BCUT2D eigenvalue weighted by atomic mass is 16.5. The SMILES string of the molecule is CCOc1ccc(C(COC)NC(=O)N2CCOC3(CCC3)C2)cc1. The van der Waals surface area contributed by atoms with E-state index in [0.29, 0.717) is 32.9 Å². The number of carbonyl (C=O) groups excluding carboxylic acids is 1. The van der Waals surface area contributed by atoms with Crippen LogP contribution in [0.15, 0.2) is 24.3 Å². The van der Waals surface area contributed by atoms with Crippen molar-refractivity contribution in [2.45, 2.75) is 37.8 Å². The van der Waals surface area contributed by atoms with E-state index in [9.17, 15) is 4.79 Å². The number of ether oxygens (including phenoxy) is 3. The van der Waals surface area contributed by atoms with Gasteiger partial charge in [-0.1, -0.05) is 12.1 Å². The Balaban J connectivity index is 1.63. The fourth-order valence-electron chi connectivity index (χ4n) is 3.48. The third-order valence-corrected chi connectivity index (χ3v) is 5.02. The zero-order valence-corrected chi connectivity index (χ0v) is 15.1. The van der Waals surface area contributed by atoms with Gasteiger partial charge < -0.3 is 24.4 Å². The molecule has 3 rings (SSSR count). The number of rotatable bonds is 6. The maximum atomic E-state index is 12.7. The first-order chi connectivity index (χ1) is 12.2. The van der Waals surface area contributed by atoms with E-state index in [1.54, 1.807) is 7.11 Å². The first-order valence-corrected chi connectivity index (χ1v) is 9.07. The molecule has 1 unspecified atom stereocenters. The number of hydrogen-bond donors (Lipinski definition) is 1. The molecule has 2 amide bonds. The number of methoxy groups -OCH3 is 1. The summed E-state index contributed by atoms with van der Waals surface area (Å²) in [6.07, 6.45) is 3.29. The molecular weight excluding hydrogens is 320 g/mol. The summed E-state index contributed by atoms with van der Waals surface area (Å²) < 4.78 is 16.7. The van der Waals surface area contributed by atoms with Gasteiger partial charge in [-0.05, 0) is 43.9 Å². The van der Waals surface area contributed by atoms with Gasteiger partial charge in [0.2, 0.25) is 0 Å². The molecule has 1 N–H and O–H groups in total. The summed E-state index contributed by atoms with van der Waals surface area (Å²) in [5.41, 5.74) is 0.913. The Labute approximate surface area is 149 Å². The van der Waals surface area contributed by atoms with Crippen LogP contribution in [-0.2, 0) is 9.47 Å². The molecule has 6 heteroatoms. The minimum absolute atomic E-state index is 0.0505. The minimum Gasteiger partial charge on any atom is -0.494 e. The van der Waals surface area contributed by atoms with Crippen molar-refractivity contribution in [2.24, 2.45) is 0 Å². The summed E-state index contributed by atoms with van der Waals surface area (Å²) in [6.45, 7) is 4.95. The van der Waals surface area contributed by atoms with Gasteiger partial charge in [-0.3, -0.25) is 0 Å². The van der Waals surface area contributed by atoms with Crippen LogP contribution in [0.2, 0.25) is 0 Å². The molecule has 1 aliphatic carbocycles. The molecule has 6 nitrogen and oxygen atoms in total. The summed E-state index contributed by atoms with van der Waals surface area (Å²) in [6, 6.07) is 7.56. The van der Waals surface area contributed by atoms with Crippen LogP contribution >= 0.6 is 0 Å². The average molecular weight is 348 g/mol. The first-order valence-electron chi connectivity index (χ1n) is 9.07. The van der Waals surface area contributed by atoms with Crippen molar-refractivity contribution in [3.8, 4) is 5.75 Å². The quantitative estimate of drug-likeness (QED) is 0.859. The van der Waals surface area contributed by atoms with Crippen LogP contribution in [0.3, 0.4) is 0 Å². The lowest BCUT2D eigenvalue weighted by Gasteiger charge is -2.48. The van der Waals surface area contributed by atoms with E-state index in [1.165, 1.54) is 6.42 Å². The highest BCUT2D eigenvalue weighted by Crippen LogP contribution is 2.38. The molecule has 1 aromatic carbocycles. The second kappa shape index (κ2) is 8.06. The molecule has 0 radical (unpaired) electrons. The molecule has 1 atom stereocenters. The van der Waals surface area contributed by atoms with Crippen LogP contribution in [0.5, 0.6) is 5.75 Å². The molecule has 2 fully saturated rings. The number of hydrogen-bond acceptors (Lipinski definition) is 4. The Morgan fingerprint density at radius 3 is 2.72 bits per heavy atom. The Morgan fingerprint density at radius 1 is 1.36 bits per heavy atom. The van der Waals surface area contributed by atoms with Gasteiger partial charge in [0.1, 0.15) is 5.75 Å². The minimum atomic E-state index is -0.187. The van der Waals surface area contributed by atoms with E-state index in [4.69, 9.17) is 14.2 Å². The molecule has 2 aliphatic rings. The molecule has 1 saturated carbocycles. The maximum absolute atomic E-state index is 12.7. The lowest BCUT2D eigenvalue weighted by Crippen LogP contribution is -2.59. The van der Waals surface area contributed by atoms with Gasteiger partial charge in [0.25, 0.3) is 0 Å². The second-order valence-electron chi connectivity index (χ2n) is 6.77. The zero-order chi connectivity index (χ0) is 17.7. The van der Waals surface area contributed by atoms with Crippen molar-refractivity contribution >= 4 is 6.03 Å². The number of carbonyl (C=O) groups is 1. The summed E-state index contributed by atoms with van der Waals surface area (Å²) in [5.74, 6) is 0.828. The summed E-state index contributed by atoms with van der Waals surface area (Å²) >= 11 is 0. The van der Waals surface area contributed by atoms with Crippen molar-refractivity contribution in [1.29, 1.82) is 0 Å². The molecule has 138 valence electrons. The van der Waals surface area contributed by atoms with Gasteiger partial charge >= 0.3 is 6.03 Å². The van der Waals surface area contributed by atoms with Gasteiger partial charge in [-0.25, -0.2) is 4.79 Å². The van der Waals surface area contributed by atoms with Crippen molar-refractivity contribution in [2.75, 3.05) is 40.0 Å². The van der Waals surface area contributed by atoms with Crippen LogP contribution in [-0.4, -0.2) is 56.6 Å². The summed E-state index contributed by atoms with van der Waals surface area (Å²) in [5, 5.41) is 3.11. The largest absolute Gasteiger partial charge is 0.494 e. The van der Waals surface area contributed by atoms with E-state index in [-0.39, 0.29) is 17.7 Å². The highest BCUT2D eigenvalue weighted by Gasteiger charge is 2.43. The zero-order valence-electron chi connectivity index (χ0n) is 15.1. The second-order valence-corrected chi connectivity index (χ2v) is 6.77. The number of urea groups is 1. The lowest BCUT2D eigenvalue weighted by molar-refractivity contribution is -0.141. The van der Waals surface area contributed by atoms with E-state index in [0.717, 1.165) is 24.2 Å². The maximum Gasteiger partial charge on any atom is 0.318 e. The van der Waals surface area contributed by atoms with Crippen LogP contribution < -0.4 is 10.1 Å². The molecule has 1 heterocycles. The Hall–Kier alpha value is -1.79. The Morgan fingerprint density at radius 2 is 2.12 bits per heavy atom. The topological polar surface area (TPSA) is 60.0 Å². The molecule has 1 saturated heterocycles.